The zero-order valence-electron chi connectivity index (χ0n) is 18.8. The van der Waals surface area contributed by atoms with E-state index < -0.39 is 17.0 Å². The number of hydrogen-bond donors (Lipinski definition) is 3. The predicted molar refractivity (Wildman–Crippen MR) is 123 cm³/mol. The van der Waals surface area contributed by atoms with Crippen molar-refractivity contribution < 1.29 is 9.90 Å². The summed E-state index contributed by atoms with van der Waals surface area (Å²) < 4.78 is 3.45. The number of hydrogen-bond acceptors (Lipinski definition) is 6. The lowest BCUT2D eigenvalue weighted by atomic mass is 9.51. The highest BCUT2D eigenvalue weighted by molar-refractivity contribution is 5.93. The minimum atomic E-state index is -0.681. The first kappa shape index (κ1) is 20.4. The minimum absolute atomic E-state index is 0.107. The molecule has 33 heavy (non-hydrogen) atoms. The average Bonchev–Trinajstić information content (AvgIpc) is 2.98. The molecule has 172 valence electrons. The molecular formula is C24H28N6O3. The van der Waals surface area contributed by atoms with Crippen LogP contribution in [0.2, 0.25) is 0 Å². The van der Waals surface area contributed by atoms with Crippen LogP contribution in [0.4, 0.5) is 11.6 Å². The Bertz CT molecular complexity index is 1360. The Labute approximate surface area is 190 Å². The van der Waals surface area contributed by atoms with Gasteiger partial charge in [-0.3, -0.25) is 13.9 Å². The van der Waals surface area contributed by atoms with E-state index in [0.717, 1.165) is 43.4 Å². The van der Waals surface area contributed by atoms with Gasteiger partial charge in [-0.15, -0.1) is 0 Å². The number of primary amides is 1. The molecule has 0 spiro atoms. The van der Waals surface area contributed by atoms with Crippen molar-refractivity contribution in [3.05, 3.63) is 46.0 Å². The summed E-state index contributed by atoms with van der Waals surface area (Å²) in [4.78, 5) is 34.1. The fraction of sp³-hybridized carbons (Fsp3) is 0.500. The van der Waals surface area contributed by atoms with Crippen molar-refractivity contribution in [2.75, 3.05) is 5.32 Å². The molecule has 7 rings (SSSR count). The van der Waals surface area contributed by atoms with Crippen molar-refractivity contribution in [1.29, 1.82) is 0 Å². The van der Waals surface area contributed by atoms with Gasteiger partial charge in [0.15, 0.2) is 5.65 Å². The second kappa shape index (κ2) is 6.66. The maximum Gasteiger partial charge on any atom is 0.330 e. The van der Waals surface area contributed by atoms with Gasteiger partial charge in [-0.25, -0.2) is 9.78 Å². The molecule has 0 radical (unpaired) electrons. The van der Waals surface area contributed by atoms with Crippen molar-refractivity contribution in [1.82, 2.24) is 19.1 Å². The summed E-state index contributed by atoms with van der Waals surface area (Å²) in [6.45, 7) is 1.88. The Morgan fingerprint density at radius 3 is 2.61 bits per heavy atom. The van der Waals surface area contributed by atoms with E-state index in [1.807, 2.05) is 11.5 Å². The van der Waals surface area contributed by atoms with Crippen LogP contribution in [0.5, 0.6) is 0 Å². The first-order valence-electron chi connectivity index (χ1n) is 11.5. The van der Waals surface area contributed by atoms with Crippen molar-refractivity contribution in [3.8, 4) is 0 Å². The Balaban J connectivity index is 1.44. The van der Waals surface area contributed by atoms with Gasteiger partial charge in [0.1, 0.15) is 5.52 Å². The number of fused-ring (bicyclic) bond motifs is 1. The van der Waals surface area contributed by atoms with Crippen LogP contribution in [-0.4, -0.2) is 35.7 Å². The van der Waals surface area contributed by atoms with Crippen LogP contribution >= 0.6 is 0 Å². The average molecular weight is 449 g/mol. The molecule has 3 aromatic rings. The summed E-state index contributed by atoms with van der Waals surface area (Å²) >= 11 is 0. The van der Waals surface area contributed by atoms with Crippen molar-refractivity contribution >= 4 is 28.7 Å². The summed E-state index contributed by atoms with van der Waals surface area (Å²) in [5, 5.41) is 14.5. The molecule has 4 bridgehead atoms. The number of amides is 1. The lowest BCUT2D eigenvalue weighted by molar-refractivity contribution is -0.156. The number of carbonyl (C=O) groups excluding carboxylic acids is 1. The predicted octanol–water partition coefficient (Wildman–Crippen LogP) is 2.32. The van der Waals surface area contributed by atoms with Gasteiger partial charge in [0.05, 0.1) is 17.3 Å². The van der Waals surface area contributed by atoms with Crippen LogP contribution in [0.25, 0.3) is 11.2 Å². The molecule has 2 atom stereocenters. The smallest absolute Gasteiger partial charge is 0.330 e. The molecule has 4 aliphatic carbocycles. The molecule has 4 fully saturated rings. The molecule has 1 amide bonds. The number of aromatic nitrogens is 4. The van der Waals surface area contributed by atoms with Gasteiger partial charge in [0, 0.05) is 18.3 Å². The largest absolute Gasteiger partial charge is 0.390 e. The van der Waals surface area contributed by atoms with Gasteiger partial charge < -0.3 is 16.2 Å². The SMILES string of the molecule is Cc1cc(C(N)=O)ccc1Nc1ncc2c(n1)n(C13CC4CC(CC(O)(C4)C1)C3)c(=O)n2C. The standard InChI is InChI=1S/C24H28N6O3/c1-13-5-16(19(25)31)3-4-17(13)27-21-26-11-18-20(28-21)30(22(32)29(18)2)23-7-14-6-15(8-23)10-24(33,9-14)12-23/h3-5,11,14-15,33H,6-10,12H2,1-2H3,(H2,25,31)(H,26,27,28). The van der Waals surface area contributed by atoms with E-state index in [9.17, 15) is 14.7 Å². The minimum Gasteiger partial charge on any atom is -0.390 e. The molecule has 9 nitrogen and oxygen atoms in total. The molecule has 0 aliphatic heterocycles. The van der Waals surface area contributed by atoms with Gasteiger partial charge in [-0.2, -0.15) is 4.98 Å². The number of imidazole rings is 1. The van der Waals surface area contributed by atoms with E-state index >= 15 is 0 Å². The third-order valence-corrected chi connectivity index (χ3v) is 8.03. The second-order valence-corrected chi connectivity index (χ2v) is 10.5. The molecular weight excluding hydrogens is 420 g/mol. The Hall–Kier alpha value is -3.20. The molecule has 0 saturated heterocycles. The van der Waals surface area contributed by atoms with E-state index in [0.29, 0.717) is 40.9 Å². The fourth-order valence-corrected chi connectivity index (χ4v) is 7.10. The molecule has 4 aliphatic rings. The van der Waals surface area contributed by atoms with E-state index in [2.05, 4.69) is 10.3 Å². The van der Waals surface area contributed by atoms with Crippen molar-refractivity contribution in [2.45, 2.75) is 56.6 Å². The van der Waals surface area contributed by atoms with Gasteiger partial charge >= 0.3 is 5.69 Å². The molecule has 4 N–H and O–H groups in total. The zero-order valence-corrected chi connectivity index (χ0v) is 18.8. The summed E-state index contributed by atoms with van der Waals surface area (Å²) in [5.41, 5.74) is 7.49. The summed E-state index contributed by atoms with van der Waals surface area (Å²) in [6.07, 6.45) is 6.92. The van der Waals surface area contributed by atoms with Gasteiger partial charge in [0.2, 0.25) is 11.9 Å². The molecule has 1 aromatic carbocycles. The number of carbonyl (C=O) groups is 1. The van der Waals surface area contributed by atoms with Gasteiger partial charge in [-0.05, 0) is 81.0 Å². The topological polar surface area (TPSA) is 128 Å². The zero-order chi connectivity index (χ0) is 23.1. The monoisotopic (exact) mass is 448 g/mol. The number of nitrogens with two attached hydrogens (primary N) is 1. The highest BCUT2D eigenvalue weighted by Crippen LogP contribution is 2.60. The van der Waals surface area contributed by atoms with Gasteiger partial charge in [-0.1, -0.05) is 0 Å². The molecule has 2 heterocycles. The molecule has 4 saturated carbocycles. The molecule has 2 unspecified atom stereocenters. The first-order valence-corrected chi connectivity index (χ1v) is 11.5. The summed E-state index contributed by atoms with van der Waals surface area (Å²) in [7, 11) is 1.75. The van der Waals surface area contributed by atoms with Crippen molar-refractivity contribution in [3.63, 3.8) is 0 Å². The Morgan fingerprint density at radius 1 is 1.24 bits per heavy atom. The number of aliphatic hydroxyl groups is 1. The lowest BCUT2D eigenvalue weighted by Crippen LogP contribution is -2.61. The second-order valence-electron chi connectivity index (χ2n) is 10.5. The summed E-state index contributed by atoms with van der Waals surface area (Å²) in [5.74, 6) is 0.793. The third kappa shape index (κ3) is 3.02. The van der Waals surface area contributed by atoms with Crippen LogP contribution in [0.1, 0.15) is 54.4 Å². The number of nitrogens with one attached hydrogen (secondary N) is 1. The Morgan fingerprint density at radius 2 is 1.97 bits per heavy atom. The van der Waals surface area contributed by atoms with Crippen LogP contribution in [0, 0.1) is 18.8 Å². The van der Waals surface area contributed by atoms with Crippen molar-refractivity contribution in [2.24, 2.45) is 24.6 Å². The quantitative estimate of drug-likeness (QED) is 0.562. The molecule has 2 aromatic heterocycles. The van der Waals surface area contributed by atoms with E-state index in [-0.39, 0.29) is 5.69 Å². The van der Waals surface area contributed by atoms with E-state index in [1.54, 1.807) is 36.0 Å². The fourth-order valence-electron chi connectivity index (χ4n) is 7.10. The number of nitrogens with zero attached hydrogens (tertiary/aromatic N) is 4. The lowest BCUT2D eigenvalue weighted by Gasteiger charge is -2.60. The number of aryl methyl sites for hydroxylation is 2. The number of rotatable bonds is 4. The summed E-state index contributed by atoms with van der Waals surface area (Å²) in [6, 6.07) is 5.15. The van der Waals surface area contributed by atoms with E-state index in [4.69, 9.17) is 10.7 Å². The Kier molecular flexibility index (Phi) is 4.12. The van der Waals surface area contributed by atoms with Gasteiger partial charge in [0.25, 0.3) is 0 Å². The maximum absolute atomic E-state index is 13.4. The van der Waals surface area contributed by atoms with Crippen LogP contribution in [-0.2, 0) is 12.6 Å². The molecule has 9 heteroatoms. The normalized spacial score (nSPS) is 30.2. The number of benzene rings is 1. The van der Waals surface area contributed by atoms with Crippen LogP contribution in [0.3, 0.4) is 0 Å². The van der Waals surface area contributed by atoms with Crippen LogP contribution < -0.4 is 16.7 Å². The van der Waals surface area contributed by atoms with Crippen LogP contribution in [0.15, 0.2) is 29.2 Å². The van der Waals surface area contributed by atoms with E-state index in [1.165, 1.54) is 0 Å². The number of anilines is 2. The highest BCUT2D eigenvalue weighted by atomic mass is 16.3. The third-order valence-electron chi connectivity index (χ3n) is 8.03. The maximum atomic E-state index is 13.4. The first-order chi connectivity index (χ1) is 15.7. The highest BCUT2D eigenvalue weighted by Gasteiger charge is 2.59.